The normalized spacial score (nSPS) is 9.80. The first-order valence-electron chi connectivity index (χ1n) is 9.25. The van der Waals surface area contributed by atoms with Gasteiger partial charge in [0.15, 0.2) is 0 Å². The lowest BCUT2D eigenvalue weighted by molar-refractivity contribution is 0.244. The quantitative estimate of drug-likeness (QED) is 0.792. The molecule has 142 valence electrons. The average Bonchev–Trinajstić information content (AvgIpc) is 2.98. The fourth-order valence-corrected chi connectivity index (χ4v) is 2.21. The SMILES string of the molecule is CC.CC.CCN(C)CCOc1ccc(C)cc1-c1c(C)cnn1N. The second-order valence-electron chi connectivity index (χ2n) is 5.36. The smallest absolute Gasteiger partial charge is 0.128 e. The second kappa shape index (κ2) is 12.4. The molecule has 0 amide bonds. The van der Waals surface area contributed by atoms with E-state index >= 15 is 0 Å². The lowest BCUT2D eigenvalue weighted by atomic mass is 10.0. The monoisotopic (exact) mass is 348 g/mol. The summed E-state index contributed by atoms with van der Waals surface area (Å²) in [5, 5.41) is 4.12. The van der Waals surface area contributed by atoms with Crippen LogP contribution in [-0.2, 0) is 0 Å². The maximum atomic E-state index is 5.96. The van der Waals surface area contributed by atoms with Crippen LogP contribution < -0.4 is 10.6 Å². The molecule has 0 saturated carbocycles. The third kappa shape index (κ3) is 6.78. The lowest BCUT2D eigenvalue weighted by Gasteiger charge is -2.17. The molecule has 0 atom stereocenters. The fourth-order valence-electron chi connectivity index (χ4n) is 2.21. The number of benzene rings is 1. The van der Waals surface area contributed by atoms with Crippen molar-refractivity contribution < 1.29 is 4.74 Å². The molecular formula is C20H36N4O. The molecule has 0 spiro atoms. The van der Waals surface area contributed by atoms with Crippen molar-refractivity contribution in [2.75, 3.05) is 32.6 Å². The van der Waals surface area contributed by atoms with E-state index in [4.69, 9.17) is 10.6 Å². The minimum Gasteiger partial charge on any atom is -0.492 e. The van der Waals surface area contributed by atoms with Crippen LogP contribution in [0.15, 0.2) is 24.4 Å². The molecule has 2 rings (SSSR count). The van der Waals surface area contributed by atoms with Gasteiger partial charge in [-0.05, 0) is 45.1 Å². The summed E-state index contributed by atoms with van der Waals surface area (Å²) in [5.41, 5.74) is 4.10. The van der Waals surface area contributed by atoms with E-state index in [1.807, 2.05) is 40.7 Å². The van der Waals surface area contributed by atoms with Crippen molar-refractivity contribution >= 4 is 0 Å². The predicted octanol–water partition coefficient (Wildman–Crippen LogP) is 4.26. The van der Waals surface area contributed by atoms with Gasteiger partial charge in [-0.1, -0.05) is 46.2 Å². The van der Waals surface area contributed by atoms with Crippen molar-refractivity contribution in [2.24, 2.45) is 0 Å². The van der Waals surface area contributed by atoms with Gasteiger partial charge in [0, 0.05) is 12.1 Å². The highest BCUT2D eigenvalue weighted by Crippen LogP contribution is 2.32. The van der Waals surface area contributed by atoms with Gasteiger partial charge in [0.25, 0.3) is 0 Å². The van der Waals surface area contributed by atoms with Gasteiger partial charge in [0.2, 0.25) is 0 Å². The topological polar surface area (TPSA) is 56.3 Å². The number of rotatable bonds is 6. The Balaban J connectivity index is 0.00000134. The molecule has 1 heterocycles. The molecule has 2 N–H and O–H groups in total. The summed E-state index contributed by atoms with van der Waals surface area (Å²) in [6, 6.07) is 6.14. The van der Waals surface area contributed by atoms with E-state index in [-0.39, 0.29) is 0 Å². The van der Waals surface area contributed by atoms with E-state index in [2.05, 4.69) is 43.0 Å². The molecule has 0 aliphatic rings. The van der Waals surface area contributed by atoms with Crippen molar-refractivity contribution in [3.05, 3.63) is 35.5 Å². The number of hydrogen-bond acceptors (Lipinski definition) is 4. The van der Waals surface area contributed by atoms with Crippen molar-refractivity contribution in [3.8, 4) is 17.0 Å². The van der Waals surface area contributed by atoms with Crippen LogP contribution in [0.5, 0.6) is 5.75 Å². The van der Waals surface area contributed by atoms with Gasteiger partial charge < -0.3 is 15.5 Å². The van der Waals surface area contributed by atoms with Crippen LogP contribution in [0.4, 0.5) is 0 Å². The molecule has 0 saturated heterocycles. The minimum atomic E-state index is 0.651. The Bertz CT molecular complexity index is 588. The molecule has 0 radical (unpaired) electrons. The van der Waals surface area contributed by atoms with Gasteiger partial charge >= 0.3 is 0 Å². The Labute approximate surface area is 153 Å². The maximum Gasteiger partial charge on any atom is 0.128 e. The Morgan fingerprint density at radius 2 is 1.80 bits per heavy atom. The zero-order chi connectivity index (χ0) is 19.4. The number of nitrogens with two attached hydrogens (primary N) is 1. The van der Waals surface area contributed by atoms with Crippen molar-refractivity contribution in [1.29, 1.82) is 0 Å². The largest absolute Gasteiger partial charge is 0.492 e. The third-order valence-corrected chi connectivity index (χ3v) is 3.64. The van der Waals surface area contributed by atoms with Crippen molar-refractivity contribution in [2.45, 2.75) is 48.5 Å². The number of hydrogen-bond donors (Lipinski definition) is 1. The van der Waals surface area contributed by atoms with E-state index in [1.54, 1.807) is 6.20 Å². The van der Waals surface area contributed by atoms with E-state index in [0.717, 1.165) is 35.7 Å². The van der Waals surface area contributed by atoms with Crippen LogP contribution in [0.2, 0.25) is 0 Å². The van der Waals surface area contributed by atoms with E-state index in [9.17, 15) is 0 Å². The van der Waals surface area contributed by atoms with E-state index in [1.165, 1.54) is 10.4 Å². The van der Waals surface area contributed by atoms with Crippen molar-refractivity contribution in [1.82, 2.24) is 14.8 Å². The zero-order valence-corrected chi connectivity index (χ0v) is 17.3. The average molecular weight is 349 g/mol. The Morgan fingerprint density at radius 1 is 1.16 bits per heavy atom. The highest BCUT2D eigenvalue weighted by atomic mass is 16.5. The van der Waals surface area contributed by atoms with Gasteiger partial charge in [-0.3, -0.25) is 0 Å². The molecule has 0 aliphatic heterocycles. The van der Waals surface area contributed by atoms with Crippen LogP contribution >= 0.6 is 0 Å². The number of ether oxygens (including phenoxy) is 1. The summed E-state index contributed by atoms with van der Waals surface area (Å²) in [4.78, 5) is 3.63. The summed E-state index contributed by atoms with van der Waals surface area (Å²) in [7, 11) is 2.08. The summed E-state index contributed by atoms with van der Waals surface area (Å²) < 4.78 is 5.96. The molecule has 0 fully saturated rings. The Hall–Kier alpha value is -2.01. The first kappa shape index (κ1) is 23.0. The number of likely N-dealkylation sites (N-methyl/N-ethyl adjacent to an activating group) is 1. The Morgan fingerprint density at radius 3 is 2.32 bits per heavy atom. The molecule has 1 aromatic heterocycles. The molecule has 0 aliphatic carbocycles. The predicted molar refractivity (Wildman–Crippen MR) is 109 cm³/mol. The number of nitrogen functional groups attached to an aromatic ring is 1. The van der Waals surface area contributed by atoms with Crippen LogP contribution in [0.25, 0.3) is 11.3 Å². The molecular weight excluding hydrogens is 312 g/mol. The first-order valence-corrected chi connectivity index (χ1v) is 9.25. The minimum absolute atomic E-state index is 0.651. The van der Waals surface area contributed by atoms with Gasteiger partial charge in [-0.15, -0.1) is 0 Å². The highest BCUT2D eigenvalue weighted by Gasteiger charge is 2.14. The summed E-state index contributed by atoms with van der Waals surface area (Å²) >= 11 is 0. The Kier molecular flexibility index (Phi) is 11.4. The first-order chi connectivity index (χ1) is 12.0. The summed E-state index contributed by atoms with van der Waals surface area (Å²) in [6.45, 7) is 16.8. The van der Waals surface area contributed by atoms with Gasteiger partial charge in [0.1, 0.15) is 12.4 Å². The van der Waals surface area contributed by atoms with Gasteiger partial charge in [-0.2, -0.15) is 9.89 Å². The number of aryl methyl sites for hydroxylation is 2. The van der Waals surface area contributed by atoms with Crippen LogP contribution in [-0.4, -0.2) is 41.5 Å². The third-order valence-electron chi connectivity index (χ3n) is 3.64. The lowest BCUT2D eigenvalue weighted by Crippen LogP contribution is -2.24. The van der Waals surface area contributed by atoms with E-state index < -0.39 is 0 Å². The molecule has 5 heteroatoms. The van der Waals surface area contributed by atoms with E-state index in [0.29, 0.717) is 6.61 Å². The van der Waals surface area contributed by atoms with Crippen LogP contribution in [0.1, 0.15) is 45.7 Å². The maximum absolute atomic E-state index is 5.96. The highest BCUT2D eigenvalue weighted by molar-refractivity contribution is 5.71. The second-order valence-corrected chi connectivity index (χ2v) is 5.36. The number of nitrogens with zero attached hydrogens (tertiary/aromatic N) is 3. The summed E-state index contributed by atoms with van der Waals surface area (Å²) in [5.74, 6) is 6.78. The summed E-state index contributed by atoms with van der Waals surface area (Å²) in [6.07, 6.45) is 1.77. The number of aromatic nitrogens is 2. The molecule has 0 bridgehead atoms. The molecule has 1 aromatic carbocycles. The molecule has 5 nitrogen and oxygen atoms in total. The standard InChI is InChI=1S/C16H24N4O.2C2H6/c1-5-19(4)8-9-21-15-7-6-12(2)10-14(15)16-13(3)11-18-20(16)17;2*1-2/h6-7,10-11H,5,8-9,17H2,1-4H3;2*1-2H3. The molecule has 25 heavy (non-hydrogen) atoms. The zero-order valence-electron chi connectivity index (χ0n) is 17.3. The van der Waals surface area contributed by atoms with Gasteiger partial charge in [-0.25, -0.2) is 0 Å². The van der Waals surface area contributed by atoms with Crippen molar-refractivity contribution in [3.63, 3.8) is 0 Å². The van der Waals surface area contributed by atoms with Gasteiger partial charge in [0.05, 0.1) is 11.9 Å². The molecule has 2 aromatic rings. The molecule has 0 unspecified atom stereocenters. The fraction of sp³-hybridized carbons (Fsp3) is 0.550. The van der Waals surface area contributed by atoms with Crippen LogP contribution in [0, 0.1) is 13.8 Å². The van der Waals surface area contributed by atoms with Crippen LogP contribution in [0.3, 0.4) is 0 Å².